The zero-order valence-electron chi connectivity index (χ0n) is 8.64. The fraction of sp³-hybridized carbons (Fsp3) is 0.818. The Kier molecular flexibility index (Phi) is 6.09. The van der Waals surface area contributed by atoms with Crippen LogP contribution in [0.4, 0.5) is 0 Å². The van der Waals surface area contributed by atoms with Crippen LogP contribution in [0, 0.1) is 0 Å². The van der Waals surface area contributed by atoms with Crippen molar-refractivity contribution in [1.29, 1.82) is 0 Å². The number of allylic oxidation sites excluding steroid dienone is 2. The Morgan fingerprint density at radius 3 is 1.83 bits per heavy atom. The molecule has 0 atom stereocenters. The van der Waals surface area contributed by atoms with Crippen LogP contribution in [0.3, 0.4) is 0 Å². The van der Waals surface area contributed by atoms with Crippen LogP contribution in [0.15, 0.2) is 12.2 Å². The first kappa shape index (κ1) is 11.7. The summed E-state index contributed by atoms with van der Waals surface area (Å²) in [5.41, 5.74) is -0.450. The molecule has 0 spiro atoms. The van der Waals surface area contributed by atoms with Gasteiger partial charge in [0.1, 0.15) is 0 Å². The van der Waals surface area contributed by atoms with Crippen molar-refractivity contribution in [2.24, 2.45) is 0 Å². The van der Waals surface area contributed by atoms with Gasteiger partial charge in [-0.05, 0) is 39.5 Å². The summed E-state index contributed by atoms with van der Waals surface area (Å²) in [5, 5.41) is 9.02. The standard InChI is InChI=1S/C6H14O.C5H8/c1-4-5-6(2,3)7;1-2-4-5-3-1/h7H,4-5H2,1-3H3;1-2H,3-5H2. The summed E-state index contributed by atoms with van der Waals surface area (Å²) in [5.74, 6) is 0. The van der Waals surface area contributed by atoms with E-state index in [1.165, 1.54) is 19.3 Å². The minimum Gasteiger partial charge on any atom is -0.390 e. The first-order valence-electron chi connectivity index (χ1n) is 4.93. The maximum Gasteiger partial charge on any atom is 0.0591 e. The van der Waals surface area contributed by atoms with Crippen molar-refractivity contribution in [3.8, 4) is 0 Å². The summed E-state index contributed by atoms with van der Waals surface area (Å²) in [4.78, 5) is 0. The average molecular weight is 170 g/mol. The molecule has 12 heavy (non-hydrogen) atoms. The number of aliphatic hydroxyl groups is 1. The Labute approximate surface area is 76.5 Å². The molecule has 72 valence electrons. The summed E-state index contributed by atoms with van der Waals surface area (Å²) < 4.78 is 0. The van der Waals surface area contributed by atoms with Crippen molar-refractivity contribution in [3.63, 3.8) is 0 Å². The van der Waals surface area contributed by atoms with E-state index in [-0.39, 0.29) is 0 Å². The zero-order valence-corrected chi connectivity index (χ0v) is 8.64. The van der Waals surface area contributed by atoms with Crippen LogP contribution in [0.25, 0.3) is 0 Å². The van der Waals surface area contributed by atoms with Gasteiger partial charge in [-0.1, -0.05) is 25.5 Å². The van der Waals surface area contributed by atoms with Crippen molar-refractivity contribution in [2.45, 2.75) is 58.5 Å². The molecule has 0 aromatic carbocycles. The normalized spacial score (nSPS) is 15.7. The Morgan fingerprint density at radius 2 is 1.75 bits per heavy atom. The summed E-state index contributed by atoms with van der Waals surface area (Å²) in [6, 6.07) is 0. The lowest BCUT2D eigenvalue weighted by Gasteiger charge is -2.14. The van der Waals surface area contributed by atoms with Gasteiger partial charge in [0.2, 0.25) is 0 Å². The van der Waals surface area contributed by atoms with E-state index in [1.807, 2.05) is 13.8 Å². The smallest absolute Gasteiger partial charge is 0.0591 e. The van der Waals surface area contributed by atoms with E-state index in [9.17, 15) is 0 Å². The predicted octanol–water partition coefficient (Wildman–Crippen LogP) is 3.28. The molecule has 1 heteroatoms. The fourth-order valence-corrected chi connectivity index (χ4v) is 1.20. The fourth-order valence-electron chi connectivity index (χ4n) is 1.20. The Morgan fingerprint density at radius 1 is 1.25 bits per heavy atom. The molecular weight excluding hydrogens is 148 g/mol. The molecule has 0 aromatic heterocycles. The van der Waals surface area contributed by atoms with Gasteiger partial charge in [0.05, 0.1) is 5.60 Å². The highest BCUT2D eigenvalue weighted by Crippen LogP contribution is 2.08. The van der Waals surface area contributed by atoms with Crippen molar-refractivity contribution >= 4 is 0 Å². The summed E-state index contributed by atoms with van der Waals surface area (Å²) in [6.07, 6.45) is 10.5. The molecule has 1 aliphatic carbocycles. The van der Waals surface area contributed by atoms with Gasteiger partial charge < -0.3 is 5.11 Å². The maximum absolute atomic E-state index is 9.02. The minimum absolute atomic E-state index is 0.450. The Bertz CT molecular complexity index is 113. The molecule has 0 fully saturated rings. The van der Waals surface area contributed by atoms with Crippen LogP contribution in [-0.4, -0.2) is 10.7 Å². The van der Waals surface area contributed by atoms with E-state index in [0.717, 1.165) is 12.8 Å². The second-order valence-corrected chi connectivity index (χ2v) is 3.96. The molecule has 0 heterocycles. The van der Waals surface area contributed by atoms with Crippen LogP contribution in [-0.2, 0) is 0 Å². The molecule has 0 amide bonds. The lowest BCUT2D eigenvalue weighted by Crippen LogP contribution is -2.16. The van der Waals surface area contributed by atoms with Crippen molar-refractivity contribution in [3.05, 3.63) is 12.2 Å². The van der Waals surface area contributed by atoms with E-state index in [2.05, 4.69) is 19.1 Å². The number of hydrogen-bond donors (Lipinski definition) is 1. The molecule has 0 unspecified atom stereocenters. The van der Waals surface area contributed by atoms with Gasteiger partial charge in [-0.3, -0.25) is 0 Å². The van der Waals surface area contributed by atoms with Crippen LogP contribution < -0.4 is 0 Å². The first-order valence-corrected chi connectivity index (χ1v) is 4.93. The molecule has 0 saturated heterocycles. The highest BCUT2D eigenvalue weighted by Gasteiger charge is 2.08. The van der Waals surface area contributed by atoms with E-state index < -0.39 is 5.60 Å². The van der Waals surface area contributed by atoms with Crippen LogP contribution >= 0.6 is 0 Å². The molecule has 1 aliphatic rings. The molecule has 1 nitrogen and oxygen atoms in total. The van der Waals surface area contributed by atoms with Crippen LogP contribution in [0.2, 0.25) is 0 Å². The van der Waals surface area contributed by atoms with Gasteiger partial charge in [-0.2, -0.15) is 0 Å². The largest absolute Gasteiger partial charge is 0.390 e. The van der Waals surface area contributed by atoms with E-state index >= 15 is 0 Å². The number of hydrogen-bond acceptors (Lipinski definition) is 1. The second kappa shape index (κ2) is 6.24. The minimum atomic E-state index is -0.450. The topological polar surface area (TPSA) is 20.2 Å². The zero-order chi connectivity index (χ0) is 9.45. The maximum atomic E-state index is 9.02. The van der Waals surface area contributed by atoms with Gasteiger partial charge in [0.15, 0.2) is 0 Å². The molecule has 1 rings (SSSR count). The predicted molar refractivity (Wildman–Crippen MR) is 54.2 cm³/mol. The summed E-state index contributed by atoms with van der Waals surface area (Å²) >= 11 is 0. The Balaban J connectivity index is 0.000000211. The second-order valence-electron chi connectivity index (χ2n) is 3.96. The van der Waals surface area contributed by atoms with Gasteiger partial charge in [-0.15, -0.1) is 0 Å². The highest BCUT2D eigenvalue weighted by atomic mass is 16.3. The van der Waals surface area contributed by atoms with Crippen molar-refractivity contribution in [2.75, 3.05) is 0 Å². The van der Waals surface area contributed by atoms with Gasteiger partial charge in [0.25, 0.3) is 0 Å². The third kappa shape index (κ3) is 9.70. The molecule has 0 aromatic rings. The SMILES string of the molecule is C1=CCCC1.CCCC(C)(C)O. The van der Waals surface area contributed by atoms with Crippen LogP contribution in [0.5, 0.6) is 0 Å². The summed E-state index contributed by atoms with van der Waals surface area (Å²) in [6.45, 7) is 5.73. The lowest BCUT2D eigenvalue weighted by atomic mass is 10.0. The quantitative estimate of drug-likeness (QED) is 0.630. The van der Waals surface area contributed by atoms with Gasteiger partial charge >= 0.3 is 0 Å². The van der Waals surface area contributed by atoms with E-state index in [1.54, 1.807) is 0 Å². The van der Waals surface area contributed by atoms with Crippen LogP contribution in [0.1, 0.15) is 52.9 Å². The lowest BCUT2D eigenvalue weighted by molar-refractivity contribution is 0.0703. The Hall–Kier alpha value is -0.300. The molecular formula is C11H22O. The van der Waals surface area contributed by atoms with E-state index in [0.29, 0.717) is 0 Å². The molecule has 0 radical (unpaired) electrons. The molecule has 0 bridgehead atoms. The van der Waals surface area contributed by atoms with Crippen molar-refractivity contribution in [1.82, 2.24) is 0 Å². The first-order chi connectivity index (χ1) is 5.56. The number of rotatable bonds is 2. The third-order valence-corrected chi connectivity index (χ3v) is 1.77. The summed E-state index contributed by atoms with van der Waals surface area (Å²) in [7, 11) is 0. The van der Waals surface area contributed by atoms with Crippen molar-refractivity contribution < 1.29 is 5.11 Å². The molecule has 0 aliphatic heterocycles. The molecule has 0 saturated carbocycles. The highest BCUT2D eigenvalue weighted by molar-refractivity contribution is 4.88. The van der Waals surface area contributed by atoms with E-state index in [4.69, 9.17) is 5.11 Å². The van der Waals surface area contributed by atoms with Gasteiger partial charge in [0, 0.05) is 0 Å². The molecule has 1 N–H and O–H groups in total. The monoisotopic (exact) mass is 170 g/mol. The van der Waals surface area contributed by atoms with Gasteiger partial charge in [-0.25, -0.2) is 0 Å². The average Bonchev–Trinajstić information content (AvgIpc) is 2.38. The third-order valence-electron chi connectivity index (χ3n) is 1.77.